The minimum Gasteiger partial charge on any atom is -0.375 e. The van der Waals surface area contributed by atoms with E-state index in [0.29, 0.717) is 28.6 Å². The van der Waals surface area contributed by atoms with Crippen molar-refractivity contribution < 1.29 is 9.90 Å². The van der Waals surface area contributed by atoms with Crippen LogP contribution in [0.15, 0.2) is 17.3 Å². The second-order valence-electron chi connectivity index (χ2n) is 6.99. The minimum absolute atomic E-state index is 0.235. The van der Waals surface area contributed by atoms with Gasteiger partial charge in [-0.2, -0.15) is 4.91 Å². The van der Waals surface area contributed by atoms with E-state index in [0.717, 1.165) is 11.1 Å². The lowest BCUT2D eigenvalue weighted by atomic mass is 9.93. The van der Waals surface area contributed by atoms with Gasteiger partial charge in [0.25, 0.3) is 5.91 Å². The van der Waals surface area contributed by atoms with Crippen molar-refractivity contribution in [3.8, 4) is 0 Å². The predicted octanol–water partition coefficient (Wildman–Crippen LogP) is 4.16. The molecule has 1 aliphatic rings. The first-order chi connectivity index (χ1) is 12.6. The van der Waals surface area contributed by atoms with Gasteiger partial charge in [0.15, 0.2) is 11.4 Å². The second-order valence-corrected chi connectivity index (χ2v) is 7.42. The fourth-order valence-corrected chi connectivity index (χ4v) is 3.98. The van der Waals surface area contributed by atoms with Crippen LogP contribution in [0.25, 0.3) is 0 Å². The van der Waals surface area contributed by atoms with Crippen molar-refractivity contribution in [3.63, 3.8) is 0 Å². The van der Waals surface area contributed by atoms with Crippen molar-refractivity contribution in [1.29, 1.82) is 0 Å². The van der Waals surface area contributed by atoms with Crippen LogP contribution in [0.3, 0.4) is 0 Å². The van der Waals surface area contributed by atoms with Gasteiger partial charge < -0.3 is 5.11 Å². The largest absolute Gasteiger partial charge is 0.375 e. The Morgan fingerprint density at radius 3 is 2.37 bits per heavy atom. The average Bonchev–Trinajstić information content (AvgIpc) is 2.75. The quantitative estimate of drug-likeness (QED) is 0.793. The molecule has 27 heavy (non-hydrogen) atoms. The first-order valence-corrected chi connectivity index (χ1v) is 9.06. The van der Waals surface area contributed by atoms with Gasteiger partial charge in [0.1, 0.15) is 11.9 Å². The standard InChI is InChI=1S/C19H21ClN4O3/c1-6-13(23-27)15-14-17(22-11(4)21-15)24(18(25)19(14,5)26)16-9(2)7-12(20)8-10(16)3/h7-8,13,26H,6H2,1-5H3. The summed E-state index contributed by atoms with van der Waals surface area (Å²) in [4.78, 5) is 34.7. The molecule has 0 fully saturated rings. The smallest absolute Gasteiger partial charge is 0.269 e. The van der Waals surface area contributed by atoms with Crippen LogP contribution in [0.4, 0.5) is 11.5 Å². The Morgan fingerprint density at radius 2 is 1.85 bits per heavy atom. The number of nitroso groups, excluding NO2 is 1. The summed E-state index contributed by atoms with van der Waals surface area (Å²) in [6.07, 6.45) is 0.398. The van der Waals surface area contributed by atoms with Gasteiger partial charge in [-0.1, -0.05) is 23.7 Å². The number of hydrogen-bond acceptors (Lipinski definition) is 6. The molecule has 142 valence electrons. The maximum Gasteiger partial charge on any atom is 0.269 e. The molecule has 0 aliphatic carbocycles. The van der Waals surface area contributed by atoms with E-state index < -0.39 is 17.6 Å². The normalized spacial score (nSPS) is 20.0. The van der Waals surface area contributed by atoms with Crippen molar-refractivity contribution in [2.75, 3.05) is 4.90 Å². The summed E-state index contributed by atoms with van der Waals surface area (Å²) in [6.45, 7) is 8.55. The molecule has 1 aliphatic heterocycles. The third-order valence-corrected chi connectivity index (χ3v) is 5.08. The maximum absolute atomic E-state index is 13.2. The number of aliphatic hydroxyl groups is 1. The molecule has 0 spiro atoms. The summed E-state index contributed by atoms with van der Waals surface area (Å²) in [6, 6.07) is 2.73. The number of aryl methyl sites for hydroxylation is 3. The van der Waals surface area contributed by atoms with Crippen molar-refractivity contribution in [1.82, 2.24) is 9.97 Å². The SMILES string of the molecule is CCC(N=O)c1nc(C)nc2c1C(C)(O)C(=O)N2c1c(C)cc(Cl)cc1C. The molecule has 8 heteroatoms. The van der Waals surface area contributed by atoms with E-state index in [9.17, 15) is 14.8 Å². The molecule has 7 nitrogen and oxygen atoms in total. The molecule has 0 bridgehead atoms. The van der Waals surface area contributed by atoms with E-state index >= 15 is 0 Å². The summed E-state index contributed by atoms with van der Waals surface area (Å²) in [7, 11) is 0. The molecule has 0 radical (unpaired) electrons. The molecule has 3 rings (SSSR count). The molecule has 1 amide bonds. The summed E-state index contributed by atoms with van der Waals surface area (Å²) >= 11 is 6.13. The molecule has 1 aromatic carbocycles. The van der Waals surface area contributed by atoms with E-state index in [4.69, 9.17) is 11.6 Å². The summed E-state index contributed by atoms with van der Waals surface area (Å²) < 4.78 is 0. The van der Waals surface area contributed by atoms with E-state index in [1.165, 1.54) is 11.8 Å². The molecule has 2 heterocycles. The zero-order chi connectivity index (χ0) is 20.1. The predicted molar refractivity (Wildman–Crippen MR) is 103 cm³/mol. The van der Waals surface area contributed by atoms with Gasteiger partial charge in [-0.15, -0.1) is 0 Å². The van der Waals surface area contributed by atoms with Gasteiger partial charge in [0, 0.05) is 5.02 Å². The molecule has 0 saturated heterocycles. The summed E-state index contributed by atoms with van der Waals surface area (Å²) in [5.74, 6) is 0.127. The Balaban J connectivity index is 2.36. The van der Waals surface area contributed by atoms with E-state index in [1.807, 2.05) is 13.8 Å². The number of fused-ring (bicyclic) bond motifs is 1. The lowest BCUT2D eigenvalue weighted by molar-refractivity contribution is -0.133. The summed E-state index contributed by atoms with van der Waals surface area (Å²) in [5, 5.41) is 14.7. The lowest BCUT2D eigenvalue weighted by Crippen LogP contribution is -2.36. The van der Waals surface area contributed by atoms with Crippen molar-refractivity contribution in [3.05, 3.63) is 50.3 Å². The highest BCUT2D eigenvalue weighted by Gasteiger charge is 2.51. The van der Waals surface area contributed by atoms with Crippen molar-refractivity contribution >= 4 is 29.0 Å². The fourth-order valence-electron chi connectivity index (χ4n) is 3.65. The number of carbonyl (C=O) groups is 1. The topological polar surface area (TPSA) is 95.7 Å². The second kappa shape index (κ2) is 6.65. The minimum atomic E-state index is -1.87. The van der Waals surface area contributed by atoms with Crippen molar-refractivity contribution in [2.45, 2.75) is 52.7 Å². The molecular formula is C19H21ClN4O3. The molecule has 1 aromatic heterocycles. The average molecular weight is 389 g/mol. The van der Waals surface area contributed by atoms with E-state index in [1.54, 1.807) is 26.0 Å². The van der Waals surface area contributed by atoms with Crippen LogP contribution in [0.2, 0.25) is 5.02 Å². The van der Waals surface area contributed by atoms with Crippen LogP contribution in [0.5, 0.6) is 0 Å². The third-order valence-electron chi connectivity index (χ3n) is 4.86. The first-order valence-electron chi connectivity index (χ1n) is 8.68. The number of halogens is 1. The number of nitrogens with zero attached hydrogens (tertiary/aromatic N) is 4. The van der Waals surface area contributed by atoms with Crippen LogP contribution < -0.4 is 4.90 Å². The molecule has 2 unspecified atom stereocenters. The Kier molecular flexibility index (Phi) is 4.78. The number of aromatic nitrogens is 2. The zero-order valence-corrected chi connectivity index (χ0v) is 16.6. The number of anilines is 2. The Labute approximate surface area is 162 Å². The third kappa shape index (κ3) is 2.91. The van der Waals surface area contributed by atoms with Gasteiger partial charge >= 0.3 is 0 Å². The molecule has 1 N–H and O–H groups in total. The van der Waals surface area contributed by atoms with Gasteiger partial charge in [-0.3, -0.25) is 9.69 Å². The van der Waals surface area contributed by atoms with Gasteiger partial charge in [0.05, 0.1) is 16.9 Å². The molecule has 2 atom stereocenters. The van der Waals surface area contributed by atoms with E-state index in [2.05, 4.69) is 15.1 Å². The Bertz CT molecular complexity index is 935. The zero-order valence-electron chi connectivity index (χ0n) is 15.9. The fraction of sp³-hybridized carbons (Fsp3) is 0.421. The lowest BCUT2D eigenvalue weighted by Gasteiger charge is -2.23. The van der Waals surface area contributed by atoms with Crippen LogP contribution in [-0.4, -0.2) is 21.0 Å². The van der Waals surface area contributed by atoms with Crippen LogP contribution in [0, 0.1) is 25.7 Å². The number of amides is 1. The highest BCUT2D eigenvalue weighted by molar-refractivity contribution is 6.31. The molecule has 2 aromatic rings. The van der Waals surface area contributed by atoms with E-state index in [-0.39, 0.29) is 11.4 Å². The highest BCUT2D eigenvalue weighted by atomic mass is 35.5. The molecule has 0 saturated carbocycles. The van der Waals surface area contributed by atoms with Crippen LogP contribution in [-0.2, 0) is 10.4 Å². The van der Waals surface area contributed by atoms with Gasteiger partial charge in [-0.25, -0.2) is 9.97 Å². The number of carbonyl (C=O) groups excluding carboxylic acids is 1. The first kappa shape index (κ1) is 19.4. The number of hydrogen-bond donors (Lipinski definition) is 1. The maximum atomic E-state index is 13.2. The van der Waals surface area contributed by atoms with Gasteiger partial charge in [0.2, 0.25) is 0 Å². The number of benzene rings is 1. The highest BCUT2D eigenvalue weighted by Crippen LogP contribution is 2.48. The summed E-state index contributed by atoms with van der Waals surface area (Å²) in [5.41, 5.74) is 0.818. The Hall–Kier alpha value is -2.38. The Morgan fingerprint density at radius 1 is 1.26 bits per heavy atom. The monoisotopic (exact) mass is 388 g/mol. The van der Waals surface area contributed by atoms with Crippen LogP contribution >= 0.6 is 11.6 Å². The van der Waals surface area contributed by atoms with Gasteiger partial charge in [-0.05, 0) is 57.4 Å². The van der Waals surface area contributed by atoms with Crippen molar-refractivity contribution in [2.24, 2.45) is 5.18 Å². The van der Waals surface area contributed by atoms with Crippen LogP contribution in [0.1, 0.15) is 54.5 Å². The number of rotatable bonds is 4. The molecular weight excluding hydrogens is 368 g/mol.